The Morgan fingerprint density at radius 1 is 1.56 bits per heavy atom. The number of nitrogens with zero attached hydrogens (tertiary/aromatic N) is 1. The van der Waals surface area contributed by atoms with Gasteiger partial charge in [-0.15, -0.1) is 0 Å². The Kier molecular flexibility index (Phi) is 2.84. The zero-order chi connectivity index (χ0) is 11.8. The Hall–Kier alpha value is -1.16. The van der Waals surface area contributed by atoms with E-state index in [0.717, 1.165) is 17.2 Å². The lowest BCUT2D eigenvalue weighted by Crippen LogP contribution is -2.34. The fourth-order valence-corrected chi connectivity index (χ4v) is 2.14. The van der Waals surface area contributed by atoms with Crippen LogP contribution in [0.1, 0.15) is 32.3 Å². The molecule has 1 aliphatic rings. The first-order valence-corrected chi connectivity index (χ1v) is 5.93. The summed E-state index contributed by atoms with van der Waals surface area (Å²) in [6.07, 6.45) is 6.09. The lowest BCUT2D eigenvalue weighted by atomic mass is 9.98. The third-order valence-electron chi connectivity index (χ3n) is 3.14. The second-order valence-corrected chi connectivity index (χ2v) is 5.35. The van der Waals surface area contributed by atoms with Crippen molar-refractivity contribution in [1.82, 2.24) is 4.98 Å². The molecule has 3 N–H and O–H groups in total. The van der Waals surface area contributed by atoms with Gasteiger partial charge in [-0.25, -0.2) is 0 Å². The summed E-state index contributed by atoms with van der Waals surface area (Å²) in [4.78, 5) is 4.53. The van der Waals surface area contributed by atoms with E-state index in [0.29, 0.717) is 4.99 Å². The highest BCUT2D eigenvalue weighted by Gasteiger charge is 2.37. The SMILES string of the molecule is CC(C)(Nc1cnccc1C(N)=S)C1CC1. The molecule has 1 aliphatic carbocycles. The van der Waals surface area contributed by atoms with E-state index in [4.69, 9.17) is 18.0 Å². The Balaban J connectivity index is 2.23. The van der Waals surface area contributed by atoms with E-state index in [1.165, 1.54) is 12.8 Å². The van der Waals surface area contributed by atoms with Crippen LogP contribution in [0.15, 0.2) is 18.5 Å². The van der Waals surface area contributed by atoms with Gasteiger partial charge >= 0.3 is 0 Å². The van der Waals surface area contributed by atoms with Crippen molar-refractivity contribution in [2.75, 3.05) is 5.32 Å². The number of pyridine rings is 1. The van der Waals surface area contributed by atoms with Gasteiger partial charge in [-0.2, -0.15) is 0 Å². The van der Waals surface area contributed by atoms with Gasteiger partial charge in [0.05, 0.1) is 11.9 Å². The average molecular weight is 235 g/mol. The zero-order valence-corrected chi connectivity index (χ0v) is 10.5. The number of aromatic nitrogens is 1. The van der Waals surface area contributed by atoms with E-state index in [9.17, 15) is 0 Å². The molecule has 0 aromatic carbocycles. The number of nitrogens with two attached hydrogens (primary N) is 1. The molecule has 0 aliphatic heterocycles. The maximum atomic E-state index is 5.69. The Bertz CT molecular complexity index is 410. The highest BCUT2D eigenvalue weighted by atomic mass is 32.1. The molecule has 86 valence electrons. The normalized spacial score (nSPS) is 15.9. The lowest BCUT2D eigenvalue weighted by molar-refractivity contribution is 0.494. The second kappa shape index (κ2) is 4.01. The van der Waals surface area contributed by atoms with Crippen LogP contribution >= 0.6 is 12.2 Å². The summed E-state index contributed by atoms with van der Waals surface area (Å²) < 4.78 is 0. The second-order valence-electron chi connectivity index (χ2n) is 4.91. The van der Waals surface area contributed by atoms with Crippen molar-refractivity contribution in [2.45, 2.75) is 32.2 Å². The average Bonchev–Trinajstić information content (AvgIpc) is 3.00. The van der Waals surface area contributed by atoms with Gasteiger partial charge in [0, 0.05) is 17.3 Å². The molecule has 0 amide bonds. The van der Waals surface area contributed by atoms with Gasteiger partial charge in [-0.05, 0) is 38.7 Å². The van der Waals surface area contributed by atoms with Crippen molar-refractivity contribution in [3.8, 4) is 0 Å². The molecule has 1 fully saturated rings. The fourth-order valence-electron chi connectivity index (χ4n) is 1.96. The molecule has 0 spiro atoms. The first-order chi connectivity index (χ1) is 7.50. The molecule has 1 aromatic heterocycles. The van der Waals surface area contributed by atoms with Crippen molar-refractivity contribution >= 4 is 22.9 Å². The molecular formula is C12H17N3S. The van der Waals surface area contributed by atoms with Gasteiger partial charge in [-0.1, -0.05) is 12.2 Å². The Morgan fingerprint density at radius 3 is 2.81 bits per heavy atom. The monoisotopic (exact) mass is 235 g/mol. The van der Waals surface area contributed by atoms with Crippen LogP contribution in [0.25, 0.3) is 0 Å². The van der Waals surface area contributed by atoms with Gasteiger partial charge in [0.2, 0.25) is 0 Å². The van der Waals surface area contributed by atoms with Crippen LogP contribution in [0, 0.1) is 5.92 Å². The molecule has 2 rings (SSSR count). The number of thiocarbonyl (C=S) groups is 1. The van der Waals surface area contributed by atoms with Crippen LogP contribution in [0.2, 0.25) is 0 Å². The predicted octanol–water partition coefficient (Wildman–Crippen LogP) is 2.32. The summed E-state index contributed by atoms with van der Waals surface area (Å²) in [7, 11) is 0. The molecule has 3 nitrogen and oxygen atoms in total. The summed E-state index contributed by atoms with van der Waals surface area (Å²) in [5.41, 5.74) is 7.59. The molecule has 16 heavy (non-hydrogen) atoms. The first kappa shape index (κ1) is 11.3. The number of nitrogens with one attached hydrogen (secondary N) is 1. The molecule has 1 aromatic rings. The van der Waals surface area contributed by atoms with Crippen LogP contribution in [-0.2, 0) is 0 Å². The van der Waals surface area contributed by atoms with Gasteiger partial charge in [0.15, 0.2) is 0 Å². The van der Waals surface area contributed by atoms with E-state index in [2.05, 4.69) is 24.1 Å². The van der Waals surface area contributed by atoms with E-state index < -0.39 is 0 Å². The number of hydrogen-bond acceptors (Lipinski definition) is 3. The van der Waals surface area contributed by atoms with Crippen molar-refractivity contribution in [3.63, 3.8) is 0 Å². The minimum atomic E-state index is 0.0859. The highest BCUT2D eigenvalue weighted by molar-refractivity contribution is 7.80. The minimum absolute atomic E-state index is 0.0859. The van der Waals surface area contributed by atoms with Crippen molar-refractivity contribution in [1.29, 1.82) is 0 Å². The largest absolute Gasteiger partial charge is 0.389 e. The third kappa shape index (κ3) is 2.32. The van der Waals surface area contributed by atoms with Crippen molar-refractivity contribution in [3.05, 3.63) is 24.0 Å². The quantitative estimate of drug-likeness (QED) is 0.786. The Morgan fingerprint density at radius 2 is 2.25 bits per heavy atom. The van der Waals surface area contributed by atoms with Gasteiger partial charge < -0.3 is 11.1 Å². The molecule has 0 atom stereocenters. The molecule has 1 heterocycles. The van der Waals surface area contributed by atoms with Crippen LogP contribution in [0.4, 0.5) is 5.69 Å². The maximum Gasteiger partial charge on any atom is 0.106 e. The number of rotatable bonds is 4. The summed E-state index contributed by atoms with van der Waals surface area (Å²) >= 11 is 5.03. The van der Waals surface area contributed by atoms with Crippen LogP contribution in [0.5, 0.6) is 0 Å². The van der Waals surface area contributed by atoms with Crippen LogP contribution in [0.3, 0.4) is 0 Å². The minimum Gasteiger partial charge on any atom is -0.389 e. The molecule has 0 bridgehead atoms. The number of hydrogen-bond donors (Lipinski definition) is 2. The van der Waals surface area contributed by atoms with E-state index >= 15 is 0 Å². The van der Waals surface area contributed by atoms with Crippen molar-refractivity contribution in [2.24, 2.45) is 11.7 Å². The molecule has 0 radical (unpaired) electrons. The van der Waals surface area contributed by atoms with E-state index in [1.807, 2.05) is 6.07 Å². The molecule has 0 unspecified atom stereocenters. The fraction of sp³-hybridized carbons (Fsp3) is 0.500. The zero-order valence-electron chi connectivity index (χ0n) is 9.66. The van der Waals surface area contributed by atoms with E-state index in [1.54, 1.807) is 12.4 Å². The standard InChI is InChI=1S/C12H17N3S/c1-12(2,8-3-4-8)15-10-7-14-6-5-9(10)11(13)16/h5-8,15H,3-4H2,1-2H3,(H2,13,16). The third-order valence-corrected chi connectivity index (χ3v) is 3.36. The predicted molar refractivity (Wildman–Crippen MR) is 70.6 cm³/mol. The number of anilines is 1. The first-order valence-electron chi connectivity index (χ1n) is 5.53. The molecule has 0 saturated heterocycles. The molecule has 4 heteroatoms. The van der Waals surface area contributed by atoms with E-state index in [-0.39, 0.29) is 5.54 Å². The summed E-state index contributed by atoms with van der Waals surface area (Å²) in [6, 6.07) is 1.85. The van der Waals surface area contributed by atoms with Gasteiger partial charge in [0.25, 0.3) is 0 Å². The smallest absolute Gasteiger partial charge is 0.106 e. The highest BCUT2D eigenvalue weighted by Crippen LogP contribution is 2.41. The maximum absolute atomic E-state index is 5.69. The van der Waals surface area contributed by atoms with Gasteiger partial charge in [-0.3, -0.25) is 4.98 Å². The lowest BCUT2D eigenvalue weighted by Gasteiger charge is -2.28. The molecule has 1 saturated carbocycles. The molecular weight excluding hydrogens is 218 g/mol. The summed E-state index contributed by atoms with van der Waals surface area (Å²) in [6.45, 7) is 4.42. The van der Waals surface area contributed by atoms with Crippen LogP contribution < -0.4 is 11.1 Å². The topological polar surface area (TPSA) is 50.9 Å². The van der Waals surface area contributed by atoms with Gasteiger partial charge in [0.1, 0.15) is 4.99 Å². The van der Waals surface area contributed by atoms with Crippen LogP contribution in [-0.4, -0.2) is 15.5 Å². The summed E-state index contributed by atoms with van der Waals surface area (Å²) in [5, 5.41) is 3.50. The summed E-state index contributed by atoms with van der Waals surface area (Å²) in [5.74, 6) is 0.743. The Labute approximate surface area is 101 Å². The van der Waals surface area contributed by atoms with Crippen molar-refractivity contribution < 1.29 is 0 Å².